The molecule has 0 atom stereocenters. The van der Waals surface area contributed by atoms with Crippen molar-refractivity contribution in [2.45, 2.75) is 25.1 Å². The zero-order chi connectivity index (χ0) is 32.4. The van der Waals surface area contributed by atoms with E-state index >= 15 is 0 Å². The van der Waals surface area contributed by atoms with Crippen LogP contribution < -0.4 is 15.0 Å². The standard InChI is InChI=1S/C30H32F3N9O3S/c1-39-13-15-40(16-14-39)21-8-11-41(12-9-21)24-18-26(45-2)23(17-25(24)42(43)44)36-29-34-10-7-22(35-29)28-38-37-27(46-28)19-3-5-20(6-4-19)30(31,32)33/h3-7,10,17-18,21H,8-9,11-16H2,1-2H3,(H,34,35,36). The molecule has 0 radical (unpaired) electrons. The third-order valence-corrected chi connectivity index (χ3v) is 9.35. The average molecular weight is 656 g/mol. The number of nitro groups is 1. The van der Waals surface area contributed by atoms with Gasteiger partial charge in [-0.2, -0.15) is 13.2 Å². The van der Waals surface area contributed by atoms with Gasteiger partial charge in [-0.25, -0.2) is 9.97 Å². The number of nitro benzene ring substituents is 1. The van der Waals surface area contributed by atoms with Gasteiger partial charge in [0.2, 0.25) is 5.95 Å². The molecule has 12 nitrogen and oxygen atoms in total. The minimum absolute atomic E-state index is 0.0530. The molecule has 2 aromatic carbocycles. The first-order valence-corrected chi connectivity index (χ1v) is 15.6. The Morgan fingerprint density at radius 1 is 1.00 bits per heavy atom. The Morgan fingerprint density at radius 3 is 2.35 bits per heavy atom. The summed E-state index contributed by atoms with van der Waals surface area (Å²) in [4.78, 5) is 27.5. The van der Waals surface area contributed by atoms with Crippen molar-refractivity contribution in [3.05, 3.63) is 64.3 Å². The summed E-state index contributed by atoms with van der Waals surface area (Å²) in [5.41, 5.74) is 0.935. The number of nitrogens with one attached hydrogen (secondary N) is 1. The van der Waals surface area contributed by atoms with Gasteiger partial charge in [0.25, 0.3) is 5.69 Å². The molecule has 0 bridgehead atoms. The zero-order valence-corrected chi connectivity index (χ0v) is 26.0. The minimum atomic E-state index is -4.43. The second kappa shape index (κ2) is 13.1. The van der Waals surface area contributed by atoms with Crippen LogP contribution in [0.2, 0.25) is 0 Å². The van der Waals surface area contributed by atoms with E-state index in [9.17, 15) is 23.3 Å². The second-order valence-electron chi connectivity index (χ2n) is 11.2. The van der Waals surface area contributed by atoms with Crippen LogP contribution in [-0.2, 0) is 6.18 Å². The maximum Gasteiger partial charge on any atom is 0.416 e. The van der Waals surface area contributed by atoms with Crippen molar-refractivity contribution >= 4 is 34.3 Å². The molecule has 2 saturated heterocycles. The zero-order valence-electron chi connectivity index (χ0n) is 25.2. The molecule has 0 unspecified atom stereocenters. The summed E-state index contributed by atoms with van der Waals surface area (Å²) in [6, 6.07) is 9.89. The lowest BCUT2D eigenvalue weighted by Gasteiger charge is -2.42. The highest BCUT2D eigenvalue weighted by Crippen LogP contribution is 2.41. The molecule has 0 amide bonds. The van der Waals surface area contributed by atoms with Crippen molar-refractivity contribution in [2.75, 3.05) is 63.6 Å². The Morgan fingerprint density at radius 2 is 1.70 bits per heavy atom. The first-order valence-electron chi connectivity index (χ1n) is 14.7. The van der Waals surface area contributed by atoms with Crippen molar-refractivity contribution in [1.29, 1.82) is 0 Å². The third kappa shape index (κ3) is 6.88. The number of methoxy groups -OCH3 is 1. The number of alkyl halides is 3. The molecule has 4 heterocycles. The molecular formula is C30H32F3N9O3S. The monoisotopic (exact) mass is 655 g/mol. The SMILES string of the molecule is COc1cc(N2CCC(N3CCN(C)CC3)CC2)c([N+](=O)[O-])cc1Nc1nccc(-c2nnc(-c3ccc(C(F)(F)F)cc3)s2)n1. The number of hydrogen-bond donors (Lipinski definition) is 1. The smallest absolute Gasteiger partial charge is 0.416 e. The van der Waals surface area contributed by atoms with E-state index in [2.05, 4.69) is 47.2 Å². The number of likely N-dealkylation sites (N-methyl/N-ethyl adjacent to an activating group) is 1. The van der Waals surface area contributed by atoms with E-state index in [-0.39, 0.29) is 11.6 Å². The van der Waals surface area contributed by atoms with E-state index in [0.717, 1.165) is 62.5 Å². The molecule has 2 aliphatic heterocycles. The Balaban J connectivity index is 1.19. The summed E-state index contributed by atoms with van der Waals surface area (Å²) in [6.07, 6.45) is -1.07. The molecule has 0 spiro atoms. The van der Waals surface area contributed by atoms with Crippen LogP contribution in [0.15, 0.2) is 48.7 Å². The van der Waals surface area contributed by atoms with Gasteiger partial charge in [0.05, 0.1) is 23.3 Å². The number of hydrogen-bond acceptors (Lipinski definition) is 12. The van der Waals surface area contributed by atoms with Crippen LogP contribution in [-0.4, -0.2) is 94.4 Å². The fourth-order valence-corrected chi connectivity index (χ4v) is 6.61. The van der Waals surface area contributed by atoms with E-state index in [1.54, 1.807) is 12.1 Å². The van der Waals surface area contributed by atoms with E-state index in [1.165, 1.54) is 31.5 Å². The van der Waals surface area contributed by atoms with Gasteiger partial charge in [0.1, 0.15) is 22.1 Å². The van der Waals surface area contributed by atoms with E-state index in [1.807, 2.05) is 0 Å². The van der Waals surface area contributed by atoms with E-state index in [0.29, 0.717) is 57.5 Å². The van der Waals surface area contributed by atoms with Crippen LogP contribution in [0.3, 0.4) is 0 Å². The number of nitrogens with zero attached hydrogens (tertiary/aromatic N) is 8. The average Bonchev–Trinajstić information content (AvgIpc) is 3.56. The number of rotatable bonds is 8. The molecule has 2 aliphatic rings. The van der Waals surface area contributed by atoms with Crippen molar-refractivity contribution < 1.29 is 22.8 Å². The Hall–Kier alpha value is -4.41. The molecule has 1 N–H and O–H groups in total. The van der Waals surface area contributed by atoms with Crippen molar-refractivity contribution in [3.8, 4) is 27.0 Å². The summed E-state index contributed by atoms with van der Waals surface area (Å²) >= 11 is 1.16. The highest BCUT2D eigenvalue weighted by atomic mass is 32.1. The minimum Gasteiger partial charge on any atom is -0.494 e. The van der Waals surface area contributed by atoms with Crippen LogP contribution in [0, 0.1) is 10.1 Å². The van der Waals surface area contributed by atoms with Crippen LogP contribution in [0.1, 0.15) is 18.4 Å². The summed E-state index contributed by atoms with van der Waals surface area (Å²) in [7, 11) is 3.63. The summed E-state index contributed by atoms with van der Waals surface area (Å²) in [5, 5.41) is 24.4. The van der Waals surface area contributed by atoms with Crippen LogP contribution >= 0.6 is 11.3 Å². The lowest BCUT2D eigenvalue weighted by atomic mass is 10.0. The molecule has 242 valence electrons. The largest absolute Gasteiger partial charge is 0.494 e. The topological polar surface area (TPSA) is 126 Å². The molecule has 0 aliphatic carbocycles. The number of piperazine rings is 1. The van der Waals surface area contributed by atoms with E-state index < -0.39 is 16.7 Å². The van der Waals surface area contributed by atoms with Crippen LogP contribution in [0.25, 0.3) is 21.3 Å². The van der Waals surface area contributed by atoms with Gasteiger partial charge in [0, 0.05) is 69.2 Å². The molecule has 16 heteroatoms. The number of halogens is 3. The highest BCUT2D eigenvalue weighted by molar-refractivity contribution is 7.17. The summed E-state index contributed by atoms with van der Waals surface area (Å²) in [5.74, 6) is 0.549. The molecule has 6 rings (SSSR count). The highest BCUT2D eigenvalue weighted by Gasteiger charge is 2.31. The van der Waals surface area contributed by atoms with Crippen molar-refractivity contribution in [3.63, 3.8) is 0 Å². The molecule has 2 aromatic heterocycles. The maximum atomic E-state index is 12.9. The normalized spacial score (nSPS) is 16.8. The Bertz CT molecular complexity index is 1690. The fraction of sp³-hybridized carbons (Fsp3) is 0.400. The Labute approximate surface area is 267 Å². The maximum absolute atomic E-state index is 12.9. The van der Waals surface area contributed by atoms with Crippen molar-refractivity contribution in [2.24, 2.45) is 0 Å². The van der Waals surface area contributed by atoms with Gasteiger partial charge in [-0.3, -0.25) is 15.0 Å². The number of anilines is 3. The number of aromatic nitrogens is 4. The quantitative estimate of drug-likeness (QED) is 0.190. The first kappa shape index (κ1) is 31.6. The fourth-order valence-electron chi connectivity index (χ4n) is 5.79. The van der Waals surface area contributed by atoms with Crippen LogP contribution in [0.5, 0.6) is 5.75 Å². The van der Waals surface area contributed by atoms with Gasteiger partial charge >= 0.3 is 6.18 Å². The first-order chi connectivity index (χ1) is 22.1. The van der Waals surface area contributed by atoms with E-state index in [4.69, 9.17) is 4.74 Å². The van der Waals surface area contributed by atoms with Crippen molar-refractivity contribution in [1.82, 2.24) is 30.0 Å². The Kier molecular flexibility index (Phi) is 9.02. The van der Waals surface area contributed by atoms with Gasteiger partial charge < -0.3 is 19.9 Å². The number of ether oxygens (including phenoxy) is 1. The summed E-state index contributed by atoms with van der Waals surface area (Å²) < 4.78 is 44.5. The predicted molar refractivity (Wildman–Crippen MR) is 169 cm³/mol. The van der Waals surface area contributed by atoms with Crippen LogP contribution in [0.4, 0.5) is 36.2 Å². The third-order valence-electron chi connectivity index (χ3n) is 8.36. The van der Waals surface area contributed by atoms with Gasteiger partial charge in [-0.05, 0) is 38.1 Å². The molecule has 46 heavy (non-hydrogen) atoms. The predicted octanol–water partition coefficient (Wildman–Crippen LogP) is 5.56. The molecular weight excluding hydrogens is 623 g/mol. The molecule has 2 fully saturated rings. The lowest BCUT2D eigenvalue weighted by Crippen LogP contribution is -2.52. The summed E-state index contributed by atoms with van der Waals surface area (Å²) in [6.45, 7) is 5.59. The molecule has 0 saturated carbocycles. The van der Waals surface area contributed by atoms with Gasteiger partial charge in [-0.1, -0.05) is 23.5 Å². The number of piperidine rings is 1. The lowest BCUT2D eigenvalue weighted by molar-refractivity contribution is -0.384. The van der Waals surface area contributed by atoms with Gasteiger partial charge in [0.15, 0.2) is 5.01 Å². The second-order valence-corrected chi connectivity index (χ2v) is 12.2. The molecule has 4 aromatic rings. The number of benzene rings is 2. The van der Waals surface area contributed by atoms with Gasteiger partial charge in [-0.15, -0.1) is 10.2 Å².